The molecule has 2 rings (SSSR count). The van der Waals surface area contributed by atoms with E-state index in [0.29, 0.717) is 11.8 Å². The summed E-state index contributed by atoms with van der Waals surface area (Å²) < 4.78 is 1.77. The standard InChI is InChI=1S/C9H9ClN4/c1-7-2-3-11-4-8(7)5-14-6-12-13-9(14)10/h2-4,6H,5H2,1H3. The molecule has 0 unspecified atom stereocenters. The van der Waals surface area contributed by atoms with Crippen molar-refractivity contribution in [3.63, 3.8) is 0 Å². The SMILES string of the molecule is Cc1ccncc1Cn1cnnc1Cl. The van der Waals surface area contributed by atoms with Gasteiger partial charge in [0.2, 0.25) is 5.28 Å². The fraction of sp³-hybridized carbons (Fsp3) is 0.222. The Kier molecular flexibility index (Phi) is 2.45. The van der Waals surface area contributed by atoms with E-state index in [1.807, 2.05) is 19.2 Å². The van der Waals surface area contributed by atoms with E-state index in [-0.39, 0.29) is 0 Å². The van der Waals surface area contributed by atoms with Gasteiger partial charge in [0.25, 0.3) is 0 Å². The van der Waals surface area contributed by atoms with Crippen molar-refractivity contribution in [2.45, 2.75) is 13.5 Å². The van der Waals surface area contributed by atoms with Crippen LogP contribution in [0.2, 0.25) is 5.28 Å². The van der Waals surface area contributed by atoms with E-state index in [0.717, 1.165) is 5.56 Å². The Morgan fingerprint density at radius 2 is 2.36 bits per heavy atom. The Balaban J connectivity index is 2.28. The Bertz CT molecular complexity index is 438. The van der Waals surface area contributed by atoms with Crippen LogP contribution in [0.3, 0.4) is 0 Å². The minimum Gasteiger partial charge on any atom is -0.300 e. The molecule has 5 heteroatoms. The molecule has 0 aromatic carbocycles. The van der Waals surface area contributed by atoms with Crippen LogP contribution in [0, 0.1) is 6.92 Å². The molecule has 0 saturated carbocycles. The molecule has 2 aromatic rings. The molecule has 0 N–H and O–H groups in total. The van der Waals surface area contributed by atoms with Crippen molar-refractivity contribution in [3.05, 3.63) is 41.2 Å². The average Bonchev–Trinajstić information content (AvgIpc) is 2.56. The highest BCUT2D eigenvalue weighted by molar-refractivity contribution is 6.28. The van der Waals surface area contributed by atoms with E-state index in [4.69, 9.17) is 11.6 Å². The highest BCUT2D eigenvalue weighted by atomic mass is 35.5. The molecule has 0 aliphatic heterocycles. The molecule has 72 valence electrons. The van der Waals surface area contributed by atoms with Gasteiger partial charge in [-0.05, 0) is 35.7 Å². The molecule has 0 amide bonds. The predicted molar refractivity (Wildman–Crippen MR) is 53.1 cm³/mol. The Labute approximate surface area is 86.6 Å². The maximum absolute atomic E-state index is 5.81. The quantitative estimate of drug-likeness (QED) is 0.754. The second kappa shape index (κ2) is 3.75. The highest BCUT2D eigenvalue weighted by Gasteiger charge is 2.03. The molecule has 4 nitrogen and oxygen atoms in total. The van der Waals surface area contributed by atoms with Crippen molar-refractivity contribution in [2.75, 3.05) is 0 Å². The van der Waals surface area contributed by atoms with Gasteiger partial charge in [0, 0.05) is 12.4 Å². The van der Waals surface area contributed by atoms with Crippen LogP contribution in [0.15, 0.2) is 24.8 Å². The van der Waals surface area contributed by atoms with Gasteiger partial charge < -0.3 is 0 Å². The van der Waals surface area contributed by atoms with Crippen LogP contribution in [0.25, 0.3) is 0 Å². The number of rotatable bonds is 2. The van der Waals surface area contributed by atoms with Crippen LogP contribution in [-0.2, 0) is 6.54 Å². The first-order chi connectivity index (χ1) is 6.77. The molecule has 0 atom stereocenters. The van der Waals surface area contributed by atoms with Gasteiger partial charge in [-0.15, -0.1) is 10.2 Å². The normalized spacial score (nSPS) is 10.4. The predicted octanol–water partition coefficient (Wildman–Crippen LogP) is 1.68. The second-order valence-corrected chi connectivity index (χ2v) is 3.37. The minimum absolute atomic E-state index is 0.397. The molecule has 0 radical (unpaired) electrons. The summed E-state index contributed by atoms with van der Waals surface area (Å²) in [5, 5.41) is 7.81. The monoisotopic (exact) mass is 208 g/mol. The summed E-state index contributed by atoms with van der Waals surface area (Å²) in [5.74, 6) is 0. The number of aryl methyl sites for hydroxylation is 1. The molecule has 0 bridgehead atoms. The van der Waals surface area contributed by atoms with E-state index in [9.17, 15) is 0 Å². The summed E-state index contributed by atoms with van der Waals surface area (Å²) in [4.78, 5) is 4.06. The molecule has 0 fully saturated rings. The molecular weight excluding hydrogens is 200 g/mol. The van der Waals surface area contributed by atoms with Crippen LogP contribution < -0.4 is 0 Å². The summed E-state index contributed by atoms with van der Waals surface area (Å²) in [6.07, 6.45) is 5.20. The molecule has 2 aromatic heterocycles. The van der Waals surface area contributed by atoms with Gasteiger partial charge in [-0.2, -0.15) is 0 Å². The van der Waals surface area contributed by atoms with Crippen molar-refractivity contribution >= 4 is 11.6 Å². The summed E-state index contributed by atoms with van der Waals surface area (Å²) in [5.41, 5.74) is 2.30. The van der Waals surface area contributed by atoms with Crippen molar-refractivity contribution < 1.29 is 0 Å². The maximum Gasteiger partial charge on any atom is 0.225 e. The van der Waals surface area contributed by atoms with Crippen LogP contribution in [-0.4, -0.2) is 19.7 Å². The van der Waals surface area contributed by atoms with E-state index in [2.05, 4.69) is 15.2 Å². The first kappa shape index (κ1) is 9.15. The lowest BCUT2D eigenvalue weighted by atomic mass is 10.2. The zero-order valence-electron chi connectivity index (χ0n) is 7.68. The first-order valence-corrected chi connectivity index (χ1v) is 4.58. The van der Waals surface area contributed by atoms with Gasteiger partial charge in [-0.25, -0.2) is 0 Å². The number of hydrogen-bond acceptors (Lipinski definition) is 3. The summed E-state index contributed by atoms with van der Waals surface area (Å²) in [6, 6.07) is 1.97. The molecule has 0 spiro atoms. The van der Waals surface area contributed by atoms with E-state index >= 15 is 0 Å². The lowest BCUT2D eigenvalue weighted by Gasteiger charge is -2.05. The van der Waals surface area contributed by atoms with Gasteiger partial charge in [0.1, 0.15) is 6.33 Å². The van der Waals surface area contributed by atoms with E-state index in [1.165, 1.54) is 5.56 Å². The number of halogens is 1. The topological polar surface area (TPSA) is 43.6 Å². The van der Waals surface area contributed by atoms with Gasteiger partial charge in [-0.3, -0.25) is 9.55 Å². The third-order valence-electron chi connectivity index (χ3n) is 2.06. The largest absolute Gasteiger partial charge is 0.300 e. The summed E-state index contributed by atoms with van der Waals surface area (Å²) in [6.45, 7) is 2.70. The lowest BCUT2D eigenvalue weighted by Crippen LogP contribution is -2.00. The first-order valence-electron chi connectivity index (χ1n) is 4.20. The Morgan fingerprint density at radius 3 is 3.00 bits per heavy atom. The molecular formula is C9H9ClN4. The summed E-state index contributed by atoms with van der Waals surface area (Å²) >= 11 is 5.81. The molecule has 0 aliphatic carbocycles. The fourth-order valence-electron chi connectivity index (χ4n) is 1.19. The third kappa shape index (κ3) is 1.75. The zero-order valence-corrected chi connectivity index (χ0v) is 8.44. The van der Waals surface area contributed by atoms with Crippen LogP contribution in [0.1, 0.15) is 11.1 Å². The molecule has 0 saturated heterocycles. The van der Waals surface area contributed by atoms with Crippen molar-refractivity contribution in [3.8, 4) is 0 Å². The van der Waals surface area contributed by atoms with Crippen molar-refractivity contribution in [1.29, 1.82) is 0 Å². The molecule has 14 heavy (non-hydrogen) atoms. The maximum atomic E-state index is 5.81. The second-order valence-electron chi connectivity index (χ2n) is 3.03. The number of hydrogen-bond donors (Lipinski definition) is 0. The fourth-order valence-corrected chi connectivity index (χ4v) is 1.34. The zero-order chi connectivity index (χ0) is 9.97. The smallest absolute Gasteiger partial charge is 0.225 e. The minimum atomic E-state index is 0.397. The third-order valence-corrected chi connectivity index (χ3v) is 2.35. The van der Waals surface area contributed by atoms with Crippen LogP contribution >= 0.6 is 11.6 Å². The Hall–Kier alpha value is -1.42. The van der Waals surface area contributed by atoms with Gasteiger partial charge >= 0.3 is 0 Å². The van der Waals surface area contributed by atoms with E-state index < -0.39 is 0 Å². The number of aromatic nitrogens is 4. The van der Waals surface area contributed by atoms with E-state index in [1.54, 1.807) is 17.1 Å². The van der Waals surface area contributed by atoms with Gasteiger partial charge in [0.05, 0.1) is 6.54 Å². The number of nitrogens with zero attached hydrogens (tertiary/aromatic N) is 4. The lowest BCUT2D eigenvalue weighted by molar-refractivity contribution is 0.786. The average molecular weight is 209 g/mol. The van der Waals surface area contributed by atoms with Gasteiger partial charge in [-0.1, -0.05) is 0 Å². The molecule has 0 aliphatic rings. The van der Waals surface area contributed by atoms with Crippen molar-refractivity contribution in [1.82, 2.24) is 19.7 Å². The van der Waals surface area contributed by atoms with Crippen LogP contribution in [0.4, 0.5) is 0 Å². The van der Waals surface area contributed by atoms with Crippen LogP contribution in [0.5, 0.6) is 0 Å². The van der Waals surface area contributed by atoms with Crippen molar-refractivity contribution in [2.24, 2.45) is 0 Å². The van der Waals surface area contributed by atoms with Gasteiger partial charge in [0.15, 0.2) is 0 Å². The highest BCUT2D eigenvalue weighted by Crippen LogP contribution is 2.10. The number of pyridine rings is 1. The summed E-state index contributed by atoms with van der Waals surface area (Å²) in [7, 11) is 0. The Morgan fingerprint density at radius 1 is 1.50 bits per heavy atom. The molecule has 2 heterocycles.